The van der Waals surface area contributed by atoms with Gasteiger partial charge in [-0.15, -0.1) is 83.6 Å². The third kappa shape index (κ3) is 10.4. The Bertz CT molecular complexity index is 1390. The monoisotopic (exact) mass is 746 g/mol. The fourth-order valence-electron chi connectivity index (χ4n) is 4.00. The van der Waals surface area contributed by atoms with Crippen molar-refractivity contribution in [3.8, 4) is 0 Å². The van der Waals surface area contributed by atoms with Gasteiger partial charge in [-0.1, -0.05) is 36.4 Å². The van der Waals surface area contributed by atoms with Crippen LogP contribution in [0.15, 0.2) is 146 Å². The van der Waals surface area contributed by atoms with E-state index in [0.29, 0.717) is 0 Å². The van der Waals surface area contributed by atoms with Crippen molar-refractivity contribution in [3.05, 3.63) is 157 Å². The van der Waals surface area contributed by atoms with Gasteiger partial charge in [0.2, 0.25) is 0 Å². The van der Waals surface area contributed by atoms with Gasteiger partial charge in [0, 0.05) is 0 Å². The predicted octanol–water partition coefficient (Wildman–Crippen LogP) is 4.46. The minimum absolute atomic E-state index is 0. The van der Waals surface area contributed by atoms with Crippen LogP contribution in [0.25, 0.3) is 42.6 Å². The van der Waals surface area contributed by atoms with E-state index in [2.05, 4.69) is 157 Å². The van der Waals surface area contributed by atoms with Gasteiger partial charge in [-0.3, -0.25) is 16.4 Å². The number of hydrogen-bond acceptors (Lipinski definition) is 0. The summed E-state index contributed by atoms with van der Waals surface area (Å²) in [7, 11) is 1.55. The summed E-state index contributed by atoms with van der Waals surface area (Å²) in [6.45, 7) is 0. The Kier molecular flexibility index (Phi) is 17.9. The van der Waals surface area contributed by atoms with Crippen molar-refractivity contribution in [2.45, 2.75) is 0 Å². The number of rotatable bonds is 0. The van der Waals surface area contributed by atoms with Crippen LogP contribution in [0.1, 0.15) is 0 Å². The molecule has 0 fully saturated rings. The van der Waals surface area contributed by atoms with Crippen molar-refractivity contribution in [1.29, 1.82) is 0 Å². The Morgan fingerprint density at radius 2 is 0.775 bits per heavy atom. The molecule has 8 aromatic rings. The van der Waals surface area contributed by atoms with Gasteiger partial charge >= 0.3 is 52.4 Å². The molecule has 6 heteroatoms. The van der Waals surface area contributed by atoms with Gasteiger partial charge in [0.1, 0.15) is 0 Å². The summed E-state index contributed by atoms with van der Waals surface area (Å²) in [5.74, 6) is 6.38. The Morgan fingerprint density at radius 1 is 0.425 bits per heavy atom. The van der Waals surface area contributed by atoms with Crippen molar-refractivity contribution in [2.75, 3.05) is 0 Å². The molecule has 0 amide bonds. The molecule has 0 spiro atoms. The predicted molar refractivity (Wildman–Crippen MR) is 164 cm³/mol. The molecule has 0 N–H and O–H groups in total. The molecular formula is C34H26Cl2P2Zr2-2. The summed E-state index contributed by atoms with van der Waals surface area (Å²) in [4.78, 5) is 0. The van der Waals surface area contributed by atoms with Crippen molar-refractivity contribution >= 4 is 58.9 Å². The first-order valence-electron chi connectivity index (χ1n) is 12.0. The van der Waals surface area contributed by atoms with Crippen LogP contribution in [0.4, 0.5) is 0 Å². The molecule has 0 saturated heterocycles. The zero-order valence-electron chi connectivity index (χ0n) is 21.6. The Hall–Kier alpha value is -1.47. The van der Waals surface area contributed by atoms with Crippen LogP contribution in [0.5, 0.6) is 0 Å². The minimum atomic E-state index is 0. The van der Waals surface area contributed by atoms with E-state index in [1.54, 1.807) is 0 Å². The Labute approximate surface area is 290 Å². The first kappa shape index (κ1) is 36.6. The van der Waals surface area contributed by atoms with Crippen molar-refractivity contribution in [3.63, 3.8) is 0 Å². The molecule has 0 aliphatic carbocycles. The average molecular weight is 750 g/mol. The number of benzene rings is 4. The first-order chi connectivity index (χ1) is 17.9. The zero-order valence-corrected chi connectivity index (χ0v) is 30.0. The van der Waals surface area contributed by atoms with Gasteiger partial charge in [-0.25, -0.2) is 0 Å². The molecule has 2 aromatic heterocycles. The largest absolute Gasteiger partial charge is 2.00 e. The van der Waals surface area contributed by atoms with E-state index in [-0.39, 0.29) is 77.2 Å². The summed E-state index contributed by atoms with van der Waals surface area (Å²) in [5.41, 5.74) is 0. The molecule has 6 aromatic carbocycles. The van der Waals surface area contributed by atoms with Crippen LogP contribution in [-0.4, -0.2) is 0 Å². The van der Waals surface area contributed by atoms with E-state index in [0.717, 1.165) is 16.4 Å². The Balaban J connectivity index is 0.000000258. The van der Waals surface area contributed by atoms with Crippen molar-refractivity contribution < 1.29 is 77.2 Å². The second kappa shape index (κ2) is 19.6. The maximum Gasteiger partial charge on any atom is 2.00 e. The second-order valence-corrected chi connectivity index (χ2v) is 10.5. The smallest absolute Gasteiger partial charge is 1.00 e. The average Bonchev–Trinajstić information content (AvgIpc) is 3.76. The molecule has 196 valence electrons. The maximum absolute atomic E-state index is 3.19. The van der Waals surface area contributed by atoms with Gasteiger partial charge < -0.3 is 24.8 Å². The summed E-state index contributed by atoms with van der Waals surface area (Å²) >= 11 is 0. The van der Waals surface area contributed by atoms with Crippen LogP contribution in [0.3, 0.4) is 0 Å². The molecule has 0 aliphatic heterocycles. The molecule has 0 bridgehead atoms. The van der Waals surface area contributed by atoms with Gasteiger partial charge in [0.25, 0.3) is 0 Å². The van der Waals surface area contributed by atoms with Crippen LogP contribution in [0, 0.1) is 11.6 Å². The summed E-state index contributed by atoms with van der Waals surface area (Å²) in [6, 6.07) is 50.3. The van der Waals surface area contributed by atoms with Crippen molar-refractivity contribution in [2.24, 2.45) is 0 Å². The second-order valence-electron chi connectivity index (χ2n) is 8.31. The molecule has 8 rings (SSSR count). The van der Waals surface area contributed by atoms with Crippen LogP contribution in [0.2, 0.25) is 0 Å². The van der Waals surface area contributed by atoms with E-state index in [1.165, 1.54) is 42.6 Å². The Morgan fingerprint density at radius 3 is 1.15 bits per heavy atom. The molecule has 2 heterocycles. The standard InChI is InChI=1S/2C9H7.2C8H6P.2ClH.2Zr/c2*1-2-5-9-7-3-6-8(9)4-1;2*1-2-4-8-7(3-1)5-6-9-8;;;;/h2*1-7H;2*1-5,9H;2*1H;;/q4*-1;;;2*+2/p-2. The molecular weight excluding hydrogens is 724 g/mol. The summed E-state index contributed by atoms with van der Waals surface area (Å²) < 4.78 is 0. The normalized spacial score (nSPS) is 9.60. The summed E-state index contributed by atoms with van der Waals surface area (Å²) in [6.07, 6.45) is 0. The van der Waals surface area contributed by atoms with E-state index in [4.69, 9.17) is 0 Å². The van der Waals surface area contributed by atoms with Crippen LogP contribution >= 0.6 is 16.4 Å². The SMILES string of the molecule is [Cl-].[Cl-].[Zr+2].[Zr+2].[c-]1cc2ccccc2[pH]1.[c-]1cc2ccccc2[pH]1.c1ccc2[cH-]ccc2c1.c1ccc2[cH-]ccc2c1. The number of hydrogen-bond donors (Lipinski definition) is 0. The molecule has 0 nitrogen and oxygen atoms in total. The molecule has 0 radical (unpaired) electrons. The zero-order chi connectivity index (χ0) is 24.4. The maximum atomic E-state index is 3.19. The quantitative estimate of drug-likeness (QED) is 0.201. The van der Waals surface area contributed by atoms with E-state index < -0.39 is 0 Å². The van der Waals surface area contributed by atoms with Crippen LogP contribution < -0.4 is 24.8 Å². The molecule has 40 heavy (non-hydrogen) atoms. The number of halogens is 2. The third-order valence-electron chi connectivity index (χ3n) is 5.89. The molecule has 0 aliphatic rings. The van der Waals surface area contributed by atoms with Crippen LogP contribution in [-0.2, 0) is 52.4 Å². The van der Waals surface area contributed by atoms with E-state index in [9.17, 15) is 0 Å². The first-order valence-corrected chi connectivity index (χ1v) is 14.0. The molecule has 0 saturated carbocycles. The van der Waals surface area contributed by atoms with Gasteiger partial charge in [0.05, 0.1) is 0 Å². The van der Waals surface area contributed by atoms with Gasteiger partial charge in [0.15, 0.2) is 0 Å². The van der Waals surface area contributed by atoms with E-state index in [1.807, 2.05) is 0 Å². The minimum Gasteiger partial charge on any atom is -1.00 e. The van der Waals surface area contributed by atoms with Gasteiger partial charge in [-0.05, 0) is 0 Å². The number of fused-ring (bicyclic) bond motifs is 4. The van der Waals surface area contributed by atoms with E-state index >= 15 is 0 Å². The molecule has 2 unspecified atom stereocenters. The topological polar surface area (TPSA) is 0 Å². The van der Waals surface area contributed by atoms with Crippen molar-refractivity contribution in [1.82, 2.24) is 0 Å². The van der Waals surface area contributed by atoms with Gasteiger partial charge in [-0.2, -0.15) is 79.8 Å². The molecule has 2 atom stereocenters. The summed E-state index contributed by atoms with van der Waals surface area (Å²) in [5, 5.41) is 10.9. The third-order valence-corrected chi connectivity index (χ3v) is 7.91. The fourth-order valence-corrected chi connectivity index (χ4v) is 5.72. The fraction of sp³-hybridized carbons (Fsp3) is 0.